The van der Waals surface area contributed by atoms with Crippen LogP contribution in [0, 0.1) is 0 Å². The van der Waals surface area contributed by atoms with Gasteiger partial charge in [-0.05, 0) is 26.7 Å². The Kier molecular flexibility index (Phi) is 7.28. The van der Waals surface area contributed by atoms with Crippen molar-refractivity contribution in [1.82, 2.24) is 0 Å². The Bertz CT molecular complexity index is 275. The summed E-state index contributed by atoms with van der Waals surface area (Å²) in [6.07, 6.45) is 0.422. The number of ether oxygens (including phenoxy) is 1. The van der Waals surface area contributed by atoms with Gasteiger partial charge in [0, 0.05) is 6.55 Å². The van der Waals surface area contributed by atoms with Crippen LogP contribution in [0.4, 0.5) is 0 Å². The van der Waals surface area contributed by atoms with Gasteiger partial charge in [0.2, 0.25) is 0 Å². The van der Waals surface area contributed by atoms with E-state index in [9.17, 15) is 5.11 Å². The molecule has 1 N–H and O–H groups in total. The second-order valence-electron chi connectivity index (χ2n) is 4.52. The fraction of sp³-hybridized carbons (Fsp3) is 0.692. The first-order valence-electron chi connectivity index (χ1n) is 6.27. The summed E-state index contributed by atoms with van der Waals surface area (Å²) in [6, 6.07) is 0. The normalized spacial score (nSPS) is 14.8. The maximum atomic E-state index is 9.64. The first-order chi connectivity index (χ1) is 8.25. The molecule has 4 nitrogen and oxygen atoms in total. The van der Waals surface area contributed by atoms with E-state index in [1.165, 1.54) is 0 Å². The molecule has 0 bridgehead atoms. The highest BCUT2D eigenvalue weighted by Crippen LogP contribution is 2.24. The topological polar surface area (TPSA) is 47.9 Å². The molecule has 0 aliphatic rings. The predicted molar refractivity (Wildman–Crippen MR) is 74.9 cm³/mol. The van der Waals surface area contributed by atoms with Crippen molar-refractivity contribution < 1.29 is 18.7 Å². The van der Waals surface area contributed by atoms with Gasteiger partial charge < -0.3 is 18.7 Å². The summed E-state index contributed by atoms with van der Waals surface area (Å²) < 4.78 is 17.1. The molecule has 0 spiro atoms. The molecule has 0 aromatic rings. The molecule has 0 aliphatic heterocycles. The number of allylic oxidation sites excluding steroid dienone is 2. The zero-order chi connectivity index (χ0) is 14.3. The standard InChI is InChI=1S/C13H26O4Si/c1-8-12(14)15-13(9-2)18(7,16-10(3)4)17-11(5)6/h12-14H,3,5,8-9H2,1-2,4,6-7H3. The lowest BCUT2D eigenvalue weighted by Gasteiger charge is -2.35. The zero-order valence-electron chi connectivity index (χ0n) is 12.2. The van der Waals surface area contributed by atoms with Gasteiger partial charge in [-0.2, -0.15) is 0 Å². The van der Waals surface area contributed by atoms with Crippen LogP contribution in [0.3, 0.4) is 0 Å². The lowest BCUT2D eigenvalue weighted by Crippen LogP contribution is -2.52. The van der Waals surface area contributed by atoms with Crippen molar-refractivity contribution >= 4 is 8.56 Å². The van der Waals surface area contributed by atoms with Gasteiger partial charge in [-0.25, -0.2) is 0 Å². The minimum atomic E-state index is -2.67. The molecule has 0 fully saturated rings. The van der Waals surface area contributed by atoms with Gasteiger partial charge in [0.05, 0.1) is 11.5 Å². The van der Waals surface area contributed by atoms with Gasteiger partial charge in [-0.15, -0.1) is 0 Å². The molecule has 0 saturated carbocycles. The second-order valence-corrected chi connectivity index (χ2v) is 7.60. The molecular formula is C13H26O4Si. The fourth-order valence-electron chi connectivity index (χ4n) is 1.72. The van der Waals surface area contributed by atoms with Crippen LogP contribution in [0.5, 0.6) is 0 Å². The maximum absolute atomic E-state index is 9.64. The molecule has 18 heavy (non-hydrogen) atoms. The molecule has 0 aliphatic carbocycles. The summed E-state index contributed by atoms with van der Waals surface area (Å²) in [7, 11) is -2.67. The highest BCUT2D eigenvalue weighted by molar-refractivity contribution is 6.68. The Morgan fingerprint density at radius 3 is 1.83 bits per heavy atom. The van der Waals surface area contributed by atoms with Crippen LogP contribution in [-0.4, -0.2) is 25.7 Å². The number of hydrogen-bond acceptors (Lipinski definition) is 4. The summed E-state index contributed by atoms with van der Waals surface area (Å²) >= 11 is 0. The van der Waals surface area contributed by atoms with E-state index >= 15 is 0 Å². The van der Waals surface area contributed by atoms with Crippen molar-refractivity contribution in [3.8, 4) is 0 Å². The van der Waals surface area contributed by atoms with Crippen molar-refractivity contribution in [1.29, 1.82) is 0 Å². The largest absolute Gasteiger partial charge is 0.515 e. The molecule has 5 heteroatoms. The minimum Gasteiger partial charge on any atom is -0.515 e. The average Bonchev–Trinajstić information content (AvgIpc) is 2.22. The molecule has 0 heterocycles. The predicted octanol–water partition coefficient (Wildman–Crippen LogP) is 3.22. The third-order valence-corrected chi connectivity index (χ3v) is 5.60. The monoisotopic (exact) mass is 274 g/mol. The molecule has 2 atom stereocenters. The minimum absolute atomic E-state index is 0.277. The molecule has 0 aromatic carbocycles. The summed E-state index contributed by atoms with van der Waals surface area (Å²) in [5.74, 6) is 1.16. The first-order valence-corrected chi connectivity index (χ1v) is 8.67. The van der Waals surface area contributed by atoms with Crippen molar-refractivity contribution in [2.24, 2.45) is 0 Å². The molecule has 0 saturated heterocycles. The van der Waals surface area contributed by atoms with Gasteiger partial charge in [0.25, 0.3) is 0 Å². The Hall–Kier alpha value is -0.783. The average molecular weight is 274 g/mol. The van der Waals surface area contributed by atoms with Crippen LogP contribution in [-0.2, 0) is 13.6 Å². The molecular weight excluding hydrogens is 248 g/mol. The van der Waals surface area contributed by atoms with E-state index in [0.29, 0.717) is 24.4 Å². The van der Waals surface area contributed by atoms with E-state index < -0.39 is 14.9 Å². The third-order valence-electron chi connectivity index (χ3n) is 2.38. The third kappa shape index (κ3) is 5.71. The lowest BCUT2D eigenvalue weighted by atomic mass is 10.4. The highest BCUT2D eigenvalue weighted by Gasteiger charge is 2.46. The smallest absolute Gasteiger partial charge is 0.486 e. The summed E-state index contributed by atoms with van der Waals surface area (Å²) in [6.45, 7) is 16.8. The lowest BCUT2D eigenvalue weighted by molar-refractivity contribution is -0.125. The molecule has 2 unspecified atom stereocenters. The van der Waals surface area contributed by atoms with Crippen molar-refractivity contribution in [2.45, 2.75) is 59.1 Å². The van der Waals surface area contributed by atoms with Crippen LogP contribution >= 0.6 is 0 Å². The van der Waals surface area contributed by atoms with Gasteiger partial charge >= 0.3 is 8.56 Å². The summed E-state index contributed by atoms with van der Waals surface area (Å²) in [4.78, 5) is 0. The molecule has 0 aromatic heterocycles. The van der Waals surface area contributed by atoms with E-state index in [2.05, 4.69) is 13.2 Å². The number of rotatable bonds is 9. The maximum Gasteiger partial charge on any atom is 0.486 e. The summed E-state index contributed by atoms with van der Waals surface area (Å²) in [5.41, 5.74) is -0.277. The van der Waals surface area contributed by atoms with Crippen LogP contribution in [0.1, 0.15) is 40.5 Å². The Labute approximate surface area is 112 Å². The van der Waals surface area contributed by atoms with E-state index in [1.54, 1.807) is 13.8 Å². The van der Waals surface area contributed by atoms with Gasteiger partial charge in [0.1, 0.15) is 5.73 Å². The number of aliphatic hydroxyl groups excluding tert-OH is 1. The fourth-order valence-corrected chi connectivity index (χ4v) is 4.55. The Balaban J connectivity index is 4.98. The van der Waals surface area contributed by atoms with Crippen LogP contribution in [0.2, 0.25) is 6.55 Å². The number of aliphatic hydroxyl groups is 1. The highest BCUT2D eigenvalue weighted by atomic mass is 28.4. The second kappa shape index (κ2) is 7.61. The van der Waals surface area contributed by atoms with E-state index in [-0.39, 0.29) is 5.73 Å². The van der Waals surface area contributed by atoms with Crippen LogP contribution in [0.15, 0.2) is 24.7 Å². The van der Waals surface area contributed by atoms with Gasteiger partial charge in [-0.3, -0.25) is 0 Å². The van der Waals surface area contributed by atoms with Crippen LogP contribution < -0.4 is 0 Å². The SMILES string of the molecule is C=C(C)O[Si](C)(OC(=C)C)C(CC)OC(O)CC. The van der Waals surface area contributed by atoms with Crippen LogP contribution in [0.25, 0.3) is 0 Å². The Morgan fingerprint density at radius 2 is 1.56 bits per heavy atom. The van der Waals surface area contributed by atoms with Gasteiger partial charge in [-0.1, -0.05) is 27.0 Å². The van der Waals surface area contributed by atoms with Gasteiger partial charge in [0.15, 0.2) is 6.29 Å². The summed E-state index contributed by atoms with van der Waals surface area (Å²) in [5, 5.41) is 9.64. The van der Waals surface area contributed by atoms with Crippen molar-refractivity contribution in [2.75, 3.05) is 0 Å². The van der Waals surface area contributed by atoms with E-state index in [4.69, 9.17) is 13.6 Å². The zero-order valence-corrected chi connectivity index (χ0v) is 13.2. The van der Waals surface area contributed by atoms with E-state index in [0.717, 1.165) is 0 Å². The van der Waals surface area contributed by atoms with Crippen molar-refractivity contribution in [3.63, 3.8) is 0 Å². The van der Waals surface area contributed by atoms with E-state index in [1.807, 2.05) is 20.4 Å². The number of hydrogen-bond donors (Lipinski definition) is 1. The quantitative estimate of drug-likeness (QED) is 0.398. The molecule has 0 amide bonds. The molecule has 0 radical (unpaired) electrons. The Morgan fingerprint density at radius 1 is 1.11 bits per heavy atom. The first kappa shape index (κ1) is 17.2. The molecule has 0 rings (SSSR count). The molecule has 106 valence electrons. The van der Waals surface area contributed by atoms with Crippen molar-refractivity contribution in [3.05, 3.63) is 24.7 Å².